The third kappa shape index (κ3) is 8.86. The molecule has 2 unspecified atom stereocenters. The average molecular weight is 536 g/mol. The highest BCUT2D eigenvalue weighted by Gasteiger charge is 2.37. The van der Waals surface area contributed by atoms with E-state index in [-0.39, 0.29) is 12.5 Å². The molecule has 3 N–H and O–H groups in total. The topological polar surface area (TPSA) is 108 Å². The number of anilines is 1. The molecule has 0 fully saturated rings. The fraction of sp³-hybridized carbons (Fsp3) is 0.452. The number of carbonyl (C=O) groups excluding carboxylic acids is 3. The van der Waals surface area contributed by atoms with Gasteiger partial charge in [-0.3, -0.25) is 9.59 Å². The number of rotatable bonds is 10. The summed E-state index contributed by atoms with van der Waals surface area (Å²) < 4.78 is 5.40. The lowest BCUT2D eigenvalue weighted by Crippen LogP contribution is -2.53. The number of aryl methyl sites for hydroxylation is 2. The van der Waals surface area contributed by atoms with Crippen LogP contribution in [-0.2, 0) is 14.3 Å². The molecule has 39 heavy (non-hydrogen) atoms. The summed E-state index contributed by atoms with van der Waals surface area (Å²) in [7, 11) is 0. The van der Waals surface area contributed by atoms with Crippen LogP contribution in [0.2, 0.25) is 0 Å². The molecular weight excluding hydrogens is 494 g/mol. The Morgan fingerprint density at radius 2 is 1.67 bits per heavy atom. The largest absolute Gasteiger partial charge is 0.444 e. The predicted molar refractivity (Wildman–Crippen MR) is 153 cm³/mol. The molecule has 3 amide bonds. The Morgan fingerprint density at radius 3 is 2.21 bits per heavy atom. The first kappa shape index (κ1) is 31.4. The highest BCUT2D eigenvalue weighted by molar-refractivity contribution is 6.00. The minimum atomic E-state index is -1.17. The minimum Gasteiger partial charge on any atom is -0.444 e. The summed E-state index contributed by atoms with van der Waals surface area (Å²) in [6.45, 7) is 12.2. The van der Waals surface area contributed by atoms with Crippen molar-refractivity contribution in [3.8, 4) is 12.3 Å². The number of aliphatic hydroxyl groups is 1. The van der Waals surface area contributed by atoms with Crippen molar-refractivity contribution in [2.75, 3.05) is 18.5 Å². The van der Waals surface area contributed by atoms with Crippen LogP contribution in [0.4, 0.5) is 10.5 Å². The van der Waals surface area contributed by atoms with E-state index in [0.29, 0.717) is 23.2 Å². The van der Waals surface area contributed by atoms with Crippen molar-refractivity contribution in [2.45, 2.75) is 72.6 Å². The molecule has 210 valence electrons. The Balaban J connectivity index is 2.60. The molecule has 0 radical (unpaired) electrons. The van der Waals surface area contributed by atoms with E-state index < -0.39 is 42.2 Å². The lowest BCUT2D eigenvalue weighted by Gasteiger charge is -2.35. The second-order valence-corrected chi connectivity index (χ2v) is 11.0. The molecule has 0 aliphatic carbocycles. The summed E-state index contributed by atoms with van der Waals surface area (Å²) in [5.74, 6) is 1.62. The van der Waals surface area contributed by atoms with Crippen LogP contribution in [0.25, 0.3) is 0 Å². The summed E-state index contributed by atoms with van der Waals surface area (Å²) in [6, 6.07) is 10.4. The van der Waals surface area contributed by atoms with Gasteiger partial charge in [-0.25, -0.2) is 4.79 Å². The molecular formula is C31H41N3O5. The lowest BCUT2D eigenvalue weighted by molar-refractivity contribution is -0.141. The van der Waals surface area contributed by atoms with Crippen LogP contribution >= 0.6 is 0 Å². The quantitative estimate of drug-likeness (QED) is 0.382. The molecule has 0 spiro atoms. The van der Waals surface area contributed by atoms with E-state index in [1.54, 1.807) is 45.0 Å². The first-order valence-electron chi connectivity index (χ1n) is 13.1. The molecule has 2 aromatic rings. The van der Waals surface area contributed by atoms with Crippen LogP contribution in [0.5, 0.6) is 0 Å². The average Bonchev–Trinajstić information content (AvgIpc) is 2.84. The first-order valence-corrected chi connectivity index (χ1v) is 13.1. The molecule has 0 heterocycles. The van der Waals surface area contributed by atoms with Crippen molar-refractivity contribution >= 4 is 23.6 Å². The number of ether oxygens (including phenoxy) is 1. The second-order valence-electron chi connectivity index (χ2n) is 11.0. The second kappa shape index (κ2) is 13.8. The first-order chi connectivity index (χ1) is 18.3. The Hall–Kier alpha value is -3.83. The van der Waals surface area contributed by atoms with Crippen LogP contribution in [0.1, 0.15) is 69.3 Å². The summed E-state index contributed by atoms with van der Waals surface area (Å²) in [5, 5.41) is 15.6. The van der Waals surface area contributed by atoms with E-state index in [9.17, 15) is 19.5 Å². The summed E-state index contributed by atoms with van der Waals surface area (Å²) >= 11 is 0. The van der Waals surface area contributed by atoms with Crippen LogP contribution in [-0.4, -0.2) is 52.7 Å². The number of nitrogens with zero attached hydrogens (tertiary/aromatic N) is 1. The number of para-hydroxylation sites is 1. The predicted octanol–water partition coefficient (Wildman–Crippen LogP) is 4.72. The maximum absolute atomic E-state index is 14.1. The number of terminal acetylenes is 1. The third-order valence-electron chi connectivity index (χ3n) is 6.02. The van der Waals surface area contributed by atoms with Gasteiger partial charge in [0.1, 0.15) is 17.7 Å². The van der Waals surface area contributed by atoms with Gasteiger partial charge >= 0.3 is 6.09 Å². The van der Waals surface area contributed by atoms with Gasteiger partial charge in [-0.2, -0.15) is 0 Å². The van der Waals surface area contributed by atoms with Crippen molar-refractivity contribution in [1.29, 1.82) is 0 Å². The zero-order chi connectivity index (χ0) is 29.3. The van der Waals surface area contributed by atoms with E-state index in [0.717, 1.165) is 11.1 Å². The fourth-order valence-corrected chi connectivity index (χ4v) is 4.34. The number of nitrogens with one attached hydrogen (secondary N) is 2. The highest BCUT2D eigenvalue weighted by Crippen LogP contribution is 2.29. The summed E-state index contributed by atoms with van der Waals surface area (Å²) in [6.07, 6.45) is 5.33. The maximum atomic E-state index is 14.1. The fourth-order valence-electron chi connectivity index (χ4n) is 4.34. The van der Waals surface area contributed by atoms with E-state index in [4.69, 9.17) is 11.2 Å². The van der Waals surface area contributed by atoms with Crippen molar-refractivity contribution < 1.29 is 24.2 Å². The molecule has 0 aromatic heterocycles. The van der Waals surface area contributed by atoms with Gasteiger partial charge in [-0.15, -0.1) is 6.42 Å². The Labute approximate surface area is 232 Å². The minimum absolute atomic E-state index is 0.0322. The van der Waals surface area contributed by atoms with Gasteiger partial charge in [0.2, 0.25) is 5.91 Å². The smallest absolute Gasteiger partial charge is 0.408 e. The number of aliphatic hydroxyl groups excluding tert-OH is 1. The van der Waals surface area contributed by atoms with Gasteiger partial charge in [0.15, 0.2) is 0 Å². The van der Waals surface area contributed by atoms with Gasteiger partial charge < -0.3 is 25.4 Å². The van der Waals surface area contributed by atoms with Crippen molar-refractivity contribution in [1.82, 2.24) is 10.2 Å². The lowest BCUT2D eigenvalue weighted by atomic mass is 9.96. The van der Waals surface area contributed by atoms with Crippen LogP contribution in [0, 0.1) is 32.1 Å². The monoisotopic (exact) mass is 535 g/mol. The number of hydrogen-bond donors (Lipinski definition) is 3. The number of benzene rings is 2. The Morgan fingerprint density at radius 1 is 1.05 bits per heavy atom. The molecule has 0 bridgehead atoms. The van der Waals surface area contributed by atoms with Gasteiger partial charge in [-0.05, 0) is 69.7 Å². The summed E-state index contributed by atoms with van der Waals surface area (Å²) in [5.41, 5.74) is 2.46. The standard InChI is InChI=1S/C31H41N3O5/c1-9-23-15-10-11-16-24(23)27(28(36)33-26-21(4)13-12-14-22(26)5)34(17-18-35)29(37)25(19-20(2)3)32-30(38)39-31(6,7)8/h1,10-16,20,25,27,35H,17-19H2,2-8H3,(H,32,38)(H,33,36). The van der Waals surface area contributed by atoms with Crippen LogP contribution < -0.4 is 10.6 Å². The van der Waals surface area contributed by atoms with Gasteiger partial charge in [0, 0.05) is 17.8 Å². The third-order valence-corrected chi connectivity index (χ3v) is 6.02. The van der Waals surface area contributed by atoms with Gasteiger partial charge in [0.25, 0.3) is 5.91 Å². The molecule has 8 nitrogen and oxygen atoms in total. The number of hydrogen-bond acceptors (Lipinski definition) is 5. The Bertz CT molecular complexity index is 1190. The number of alkyl carbamates (subject to hydrolysis) is 1. The number of carbonyl (C=O) groups is 3. The van der Waals surface area contributed by atoms with Crippen LogP contribution in [0.3, 0.4) is 0 Å². The van der Waals surface area contributed by atoms with Gasteiger partial charge in [-0.1, -0.05) is 56.2 Å². The molecule has 2 atom stereocenters. The summed E-state index contributed by atoms with van der Waals surface area (Å²) in [4.78, 5) is 42.0. The molecule has 8 heteroatoms. The zero-order valence-corrected chi connectivity index (χ0v) is 24.0. The van der Waals surface area contributed by atoms with Gasteiger partial charge in [0.05, 0.1) is 6.61 Å². The maximum Gasteiger partial charge on any atom is 0.408 e. The SMILES string of the molecule is C#Cc1ccccc1C(C(=O)Nc1c(C)cccc1C)N(CCO)C(=O)C(CC(C)C)NC(=O)OC(C)(C)C. The molecule has 0 aliphatic rings. The Kier molecular flexibility index (Phi) is 11.1. The molecule has 0 saturated carbocycles. The van der Waals surface area contributed by atoms with Crippen molar-refractivity contribution in [3.63, 3.8) is 0 Å². The van der Waals surface area contributed by atoms with E-state index in [1.807, 2.05) is 45.9 Å². The van der Waals surface area contributed by atoms with E-state index in [2.05, 4.69) is 16.6 Å². The van der Waals surface area contributed by atoms with E-state index >= 15 is 0 Å². The molecule has 2 aromatic carbocycles. The van der Waals surface area contributed by atoms with E-state index in [1.165, 1.54) is 4.90 Å². The molecule has 0 saturated heterocycles. The van der Waals surface area contributed by atoms with Crippen LogP contribution in [0.15, 0.2) is 42.5 Å². The normalized spacial score (nSPS) is 12.7. The highest BCUT2D eigenvalue weighted by atomic mass is 16.6. The number of amides is 3. The van der Waals surface area contributed by atoms with Crippen molar-refractivity contribution in [2.24, 2.45) is 5.92 Å². The zero-order valence-electron chi connectivity index (χ0n) is 24.0. The molecule has 0 aliphatic heterocycles. The molecule has 2 rings (SSSR count). The van der Waals surface area contributed by atoms with Crippen molar-refractivity contribution in [3.05, 3.63) is 64.7 Å².